The maximum atomic E-state index is 12.0. The van der Waals surface area contributed by atoms with Gasteiger partial charge in [-0.25, -0.2) is 9.59 Å². The lowest BCUT2D eigenvalue weighted by Crippen LogP contribution is -2.36. The van der Waals surface area contributed by atoms with Crippen LogP contribution in [0.25, 0.3) is 0 Å². The summed E-state index contributed by atoms with van der Waals surface area (Å²) in [5.74, 6) is -0.388. The van der Waals surface area contributed by atoms with E-state index in [1.54, 1.807) is 30.3 Å². The Kier molecular flexibility index (Phi) is 6.21. The molecule has 24 heavy (non-hydrogen) atoms. The van der Waals surface area contributed by atoms with Crippen LogP contribution in [0.1, 0.15) is 34.5 Å². The highest BCUT2D eigenvalue weighted by atomic mass is 35.5. The number of hydrogen-bond donors (Lipinski definition) is 2. The van der Waals surface area contributed by atoms with Crippen molar-refractivity contribution in [3.05, 3.63) is 70.2 Å². The van der Waals surface area contributed by atoms with E-state index in [4.69, 9.17) is 11.6 Å². The van der Waals surface area contributed by atoms with Crippen LogP contribution in [0.3, 0.4) is 0 Å². The molecule has 1 unspecified atom stereocenters. The second-order valence-corrected chi connectivity index (χ2v) is 5.67. The van der Waals surface area contributed by atoms with Crippen molar-refractivity contribution in [3.8, 4) is 0 Å². The van der Waals surface area contributed by atoms with E-state index in [-0.39, 0.29) is 18.0 Å². The van der Waals surface area contributed by atoms with E-state index >= 15 is 0 Å². The highest BCUT2D eigenvalue weighted by molar-refractivity contribution is 6.31. The molecule has 5 nitrogen and oxygen atoms in total. The van der Waals surface area contributed by atoms with Crippen molar-refractivity contribution in [2.24, 2.45) is 0 Å². The molecular weight excluding hydrogens is 328 g/mol. The number of rotatable bonds is 5. The molecule has 0 aliphatic heterocycles. The summed E-state index contributed by atoms with van der Waals surface area (Å²) in [6, 6.07) is 13.7. The fraction of sp³-hybridized carbons (Fsp3) is 0.222. The molecule has 0 aromatic heterocycles. The Bertz CT molecular complexity index is 716. The number of halogens is 1. The topological polar surface area (TPSA) is 67.4 Å². The van der Waals surface area contributed by atoms with Gasteiger partial charge < -0.3 is 15.4 Å². The molecule has 6 heteroatoms. The third-order valence-electron chi connectivity index (χ3n) is 3.55. The molecule has 1 atom stereocenters. The van der Waals surface area contributed by atoms with Gasteiger partial charge in [-0.1, -0.05) is 41.9 Å². The average Bonchev–Trinajstić information content (AvgIpc) is 2.60. The Hall–Kier alpha value is -2.53. The van der Waals surface area contributed by atoms with Gasteiger partial charge in [0.25, 0.3) is 0 Å². The molecular formula is C18H19ClN2O3. The Balaban J connectivity index is 1.87. The Morgan fingerprint density at radius 1 is 1.12 bits per heavy atom. The van der Waals surface area contributed by atoms with E-state index in [9.17, 15) is 9.59 Å². The highest BCUT2D eigenvalue weighted by Gasteiger charge is 2.12. The van der Waals surface area contributed by atoms with Crippen LogP contribution in [0.4, 0.5) is 4.79 Å². The summed E-state index contributed by atoms with van der Waals surface area (Å²) in [4.78, 5) is 23.4. The molecule has 0 heterocycles. The fourth-order valence-electron chi connectivity index (χ4n) is 2.21. The van der Waals surface area contributed by atoms with E-state index in [0.717, 1.165) is 11.1 Å². The van der Waals surface area contributed by atoms with E-state index < -0.39 is 0 Å². The molecule has 0 radical (unpaired) electrons. The zero-order valence-corrected chi connectivity index (χ0v) is 14.3. The standard InChI is InChI=1S/C18H19ClN2O3/c1-12(15-5-3-4-6-16(15)19)21-18(23)20-11-13-7-9-14(10-8-13)17(22)24-2/h3-10,12H,11H2,1-2H3,(H2,20,21,23). The van der Waals surface area contributed by atoms with Crippen LogP contribution in [0.5, 0.6) is 0 Å². The summed E-state index contributed by atoms with van der Waals surface area (Å²) in [6.45, 7) is 2.22. The van der Waals surface area contributed by atoms with Crippen molar-refractivity contribution in [2.75, 3.05) is 7.11 Å². The fourth-order valence-corrected chi connectivity index (χ4v) is 2.51. The Morgan fingerprint density at radius 2 is 1.79 bits per heavy atom. The van der Waals surface area contributed by atoms with Crippen LogP contribution < -0.4 is 10.6 Å². The molecule has 0 saturated carbocycles. The van der Waals surface area contributed by atoms with Gasteiger partial charge >= 0.3 is 12.0 Å². The van der Waals surface area contributed by atoms with Gasteiger partial charge in [-0.15, -0.1) is 0 Å². The van der Waals surface area contributed by atoms with Gasteiger partial charge in [0.1, 0.15) is 0 Å². The third kappa shape index (κ3) is 4.73. The molecule has 0 fully saturated rings. The Labute approximate surface area is 146 Å². The summed E-state index contributed by atoms with van der Waals surface area (Å²) >= 11 is 6.12. The predicted octanol–water partition coefficient (Wildman–Crippen LogP) is 3.69. The highest BCUT2D eigenvalue weighted by Crippen LogP contribution is 2.21. The SMILES string of the molecule is COC(=O)c1ccc(CNC(=O)NC(C)c2ccccc2Cl)cc1. The van der Waals surface area contributed by atoms with Gasteiger partial charge in [-0.05, 0) is 36.2 Å². The summed E-state index contributed by atoms with van der Waals surface area (Å²) in [7, 11) is 1.34. The summed E-state index contributed by atoms with van der Waals surface area (Å²) in [5.41, 5.74) is 2.21. The van der Waals surface area contributed by atoms with Gasteiger partial charge in [0.15, 0.2) is 0 Å². The lowest BCUT2D eigenvalue weighted by molar-refractivity contribution is 0.0600. The second kappa shape index (κ2) is 8.36. The normalized spacial score (nSPS) is 11.5. The van der Waals surface area contributed by atoms with E-state index in [1.807, 2.05) is 25.1 Å². The van der Waals surface area contributed by atoms with Gasteiger partial charge in [-0.2, -0.15) is 0 Å². The van der Waals surface area contributed by atoms with E-state index in [0.29, 0.717) is 17.1 Å². The largest absolute Gasteiger partial charge is 0.465 e. The minimum Gasteiger partial charge on any atom is -0.465 e. The van der Waals surface area contributed by atoms with Crippen molar-refractivity contribution in [2.45, 2.75) is 19.5 Å². The van der Waals surface area contributed by atoms with Crippen molar-refractivity contribution in [3.63, 3.8) is 0 Å². The molecule has 2 aromatic rings. The van der Waals surface area contributed by atoms with Gasteiger partial charge in [0, 0.05) is 11.6 Å². The zero-order valence-electron chi connectivity index (χ0n) is 13.5. The first kappa shape index (κ1) is 17.8. The lowest BCUT2D eigenvalue weighted by atomic mass is 10.1. The van der Waals surface area contributed by atoms with E-state index in [2.05, 4.69) is 15.4 Å². The van der Waals surface area contributed by atoms with Crippen molar-refractivity contribution in [1.29, 1.82) is 0 Å². The van der Waals surface area contributed by atoms with Crippen LogP contribution in [0.2, 0.25) is 5.02 Å². The maximum absolute atomic E-state index is 12.0. The van der Waals surface area contributed by atoms with Gasteiger partial charge in [0.2, 0.25) is 0 Å². The summed E-state index contributed by atoms with van der Waals surface area (Å²) < 4.78 is 4.64. The quantitative estimate of drug-likeness (QED) is 0.811. The number of ether oxygens (including phenoxy) is 1. The molecule has 0 bridgehead atoms. The average molecular weight is 347 g/mol. The number of carbonyl (C=O) groups is 2. The van der Waals surface area contributed by atoms with Gasteiger partial charge in [0.05, 0.1) is 18.7 Å². The predicted molar refractivity (Wildman–Crippen MR) is 93.0 cm³/mol. The minimum absolute atomic E-state index is 0.208. The molecule has 126 valence electrons. The minimum atomic E-state index is -0.388. The smallest absolute Gasteiger partial charge is 0.337 e. The number of hydrogen-bond acceptors (Lipinski definition) is 3. The number of esters is 1. The number of methoxy groups -OCH3 is 1. The summed E-state index contributed by atoms with van der Waals surface area (Å²) in [6.07, 6.45) is 0. The van der Waals surface area contributed by atoms with Crippen LogP contribution in [0, 0.1) is 0 Å². The molecule has 2 amide bonds. The number of amides is 2. The van der Waals surface area contributed by atoms with E-state index in [1.165, 1.54) is 7.11 Å². The van der Waals surface area contributed by atoms with Crippen molar-refractivity contribution < 1.29 is 14.3 Å². The molecule has 0 saturated heterocycles. The van der Waals surface area contributed by atoms with Crippen LogP contribution in [0.15, 0.2) is 48.5 Å². The monoisotopic (exact) mass is 346 g/mol. The lowest BCUT2D eigenvalue weighted by Gasteiger charge is -2.16. The first-order valence-corrected chi connectivity index (χ1v) is 7.85. The summed E-state index contributed by atoms with van der Waals surface area (Å²) in [5, 5.41) is 6.22. The van der Waals surface area contributed by atoms with Crippen LogP contribution >= 0.6 is 11.6 Å². The molecule has 0 aliphatic rings. The third-order valence-corrected chi connectivity index (χ3v) is 3.89. The number of urea groups is 1. The molecule has 2 N–H and O–H groups in total. The van der Waals surface area contributed by atoms with Crippen molar-refractivity contribution >= 4 is 23.6 Å². The van der Waals surface area contributed by atoms with Crippen LogP contribution in [-0.4, -0.2) is 19.1 Å². The molecule has 0 spiro atoms. The first-order chi connectivity index (χ1) is 11.5. The second-order valence-electron chi connectivity index (χ2n) is 5.26. The van der Waals surface area contributed by atoms with Crippen LogP contribution in [-0.2, 0) is 11.3 Å². The van der Waals surface area contributed by atoms with Gasteiger partial charge in [-0.3, -0.25) is 0 Å². The zero-order chi connectivity index (χ0) is 17.5. The number of carbonyl (C=O) groups excluding carboxylic acids is 2. The molecule has 2 rings (SSSR count). The maximum Gasteiger partial charge on any atom is 0.337 e. The Morgan fingerprint density at radius 3 is 2.42 bits per heavy atom. The number of benzene rings is 2. The molecule has 0 aliphatic carbocycles. The van der Waals surface area contributed by atoms with Crippen molar-refractivity contribution in [1.82, 2.24) is 10.6 Å². The molecule has 2 aromatic carbocycles. The number of nitrogens with one attached hydrogen (secondary N) is 2. The first-order valence-electron chi connectivity index (χ1n) is 7.47.